The third kappa shape index (κ3) is 6.15. The minimum Gasteiger partial charge on any atom is -0.452 e. The minimum absolute atomic E-state index is 0.0377. The lowest BCUT2D eigenvalue weighted by Crippen LogP contribution is -2.32. The Morgan fingerprint density at radius 1 is 1.03 bits per heavy atom. The Morgan fingerprint density at radius 2 is 1.72 bits per heavy atom. The van der Waals surface area contributed by atoms with Crippen molar-refractivity contribution in [2.24, 2.45) is 0 Å². The first kappa shape index (κ1) is 23.4. The molecule has 2 aromatic rings. The maximum absolute atomic E-state index is 12.9. The quantitative estimate of drug-likeness (QED) is 0.641. The van der Waals surface area contributed by atoms with Crippen LogP contribution in [0.4, 0.5) is 5.69 Å². The van der Waals surface area contributed by atoms with E-state index < -0.39 is 28.5 Å². The topological polar surface area (TPSA) is 117 Å². The molecule has 3 rings (SSSR count). The molecule has 0 saturated carbocycles. The zero-order chi connectivity index (χ0) is 23.0. The molecule has 0 radical (unpaired) electrons. The summed E-state index contributed by atoms with van der Waals surface area (Å²) >= 11 is 0. The number of anilines is 1. The van der Waals surface area contributed by atoms with Crippen LogP contribution in [0.3, 0.4) is 0 Å². The highest BCUT2D eigenvalue weighted by atomic mass is 32.2. The van der Waals surface area contributed by atoms with Crippen LogP contribution in [0, 0.1) is 11.3 Å². The van der Waals surface area contributed by atoms with Crippen LogP contribution in [0.2, 0.25) is 0 Å². The fourth-order valence-corrected chi connectivity index (χ4v) is 4.99. The molecule has 9 heteroatoms. The summed E-state index contributed by atoms with van der Waals surface area (Å²) in [6.45, 7) is 0.422. The zero-order valence-corrected chi connectivity index (χ0v) is 18.4. The third-order valence-electron chi connectivity index (χ3n) is 5.13. The highest BCUT2D eigenvalue weighted by Gasteiger charge is 2.26. The van der Waals surface area contributed by atoms with Gasteiger partial charge in [0.05, 0.1) is 22.9 Å². The number of hydrogen-bond acceptors (Lipinski definition) is 6. The molecule has 0 atom stereocenters. The van der Waals surface area contributed by atoms with Gasteiger partial charge in [0, 0.05) is 18.8 Å². The van der Waals surface area contributed by atoms with Gasteiger partial charge in [-0.25, -0.2) is 13.2 Å². The van der Waals surface area contributed by atoms with Gasteiger partial charge in [-0.15, -0.1) is 0 Å². The second kappa shape index (κ2) is 10.9. The van der Waals surface area contributed by atoms with E-state index in [0.717, 1.165) is 31.2 Å². The predicted molar refractivity (Wildman–Crippen MR) is 118 cm³/mol. The number of amides is 1. The maximum Gasteiger partial charge on any atom is 0.338 e. The summed E-state index contributed by atoms with van der Waals surface area (Å²) < 4.78 is 32.4. The summed E-state index contributed by atoms with van der Waals surface area (Å²) in [4.78, 5) is 24.5. The van der Waals surface area contributed by atoms with Gasteiger partial charge in [0.15, 0.2) is 6.61 Å². The van der Waals surface area contributed by atoms with Crippen LogP contribution < -0.4 is 5.32 Å². The molecule has 2 aromatic carbocycles. The van der Waals surface area contributed by atoms with E-state index in [2.05, 4.69) is 5.32 Å². The van der Waals surface area contributed by atoms with Crippen molar-refractivity contribution in [3.63, 3.8) is 0 Å². The standard InChI is InChI=1S/C23H25N3O5S/c24-13-12-18-8-10-20(11-9-18)25-22(27)17-31-23(28)19-6-5-7-21(16-19)32(29,30)26-14-3-1-2-4-15-26/h5-11,16H,1-4,12,14-15,17H2,(H,25,27). The number of ether oxygens (including phenoxy) is 1. The van der Waals surface area contributed by atoms with Gasteiger partial charge in [0.1, 0.15) is 0 Å². The number of carbonyl (C=O) groups excluding carboxylic acids is 2. The van der Waals surface area contributed by atoms with E-state index in [-0.39, 0.29) is 16.9 Å². The van der Waals surface area contributed by atoms with Gasteiger partial charge in [0.25, 0.3) is 5.91 Å². The van der Waals surface area contributed by atoms with E-state index in [1.165, 1.54) is 28.6 Å². The number of nitriles is 1. The van der Waals surface area contributed by atoms with Crippen LogP contribution in [-0.4, -0.2) is 44.3 Å². The Balaban J connectivity index is 1.59. The summed E-state index contributed by atoms with van der Waals surface area (Å²) in [5.74, 6) is -1.31. The van der Waals surface area contributed by atoms with Gasteiger partial charge in [-0.2, -0.15) is 9.57 Å². The number of benzene rings is 2. The van der Waals surface area contributed by atoms with E-state index in [9.17, 15) is 18.0 Å². The predicted octanol–water partition coefficient (Wildman–Crippen LogP) is 3.11. The molecule has 1 fully saturated rings. The molecule has 1 aliphatic heterocycles. The molecule has 1 amide bonds. The smallest absolute Gasteiger partial charge is 0.338 e. The molecule has 1 saturated heterocycles. The van der Waals surface area contributed by atoms with Crippen molar-refractivity contribution in [1.82, 2.24) is 4.31 Å². The number of carbonyl (C=O) groups is 2. The van der Waals surface area contributed by atoms with Crippen molar-refractivity contribution in [1.29, 1.82) is 5.26 Å². The maximum atomic E-state index is 12.9. The summed E-state index contributed by atoms with van der Waals surface area (Å²) in [5.41, 5.74) is 1.40. The SMILES string of the molecule is N#CCc1ccc(NC(=O)COC(=O)c2cccc(S(=O)(=O)N3CCCCCC3)c2)cc1. The van der Waals surface area contributed by atoms with Gasteiger partial charge >= 0.3 is 5.97 Å². The van der Waals surface area contributed by atoms with E-state index in [0.29, 0.717) is 18.8 Å². The van der Waals surface area contributed by atoms with Crippen molar-refractivity contribution in [3.8, 4) is 6.07 Å². The van der Waals surface area contributed by atoms with Gasteiger partial charge in [0.2, 0.25) is 10.0 Å². The van der Waals surface area contributed by atoms with Gasteiger partial charge in [-0.1, -0.05) is 31.0 Å². The number of rotatable bonds is 7. The summed E-state index contributed by atoms with van der Waals surface area (Å²) in [6, 6.07) is 14.5. The molecule has 0 aromatic heterocycles. The molecule has 1 N–H and O–H groups in total. The Bertz CT molecular complexity index is 1100. The van der Waals surface area contributed by atoms with Crippen molar-refractivity contribution < 1.29 is 22.7 Å². The summed E-state index contributed by atoms with van der Waals surface area (Å²) in [6.07, 6.45) is 3.92. The van der Waals surface area contributed by atoms with E-state index in [1.54, 1.807) is 24.3 Å². The Hall–Kier alpha value is -3.22. The first-order valence-electron chi connectivity index (χ1n) is 10.4. The van der Waals surface area contributed by atoms with E-state index >= 15 is 0 Å². The van der Waals surface area contributed by atoms with Crippen LogP contribution in [0.25, 0.3) is 0 Å². The highest BCUT2D eigenvalue weighted by molar-refractivity contribution is 7.89. The van der Waals surface area contributed by atoms with Gasteiger partial charge < -0.3 is 10.1 Å². The average molecular weight is 456 g/mol. The molecule has 0 unspecified atom stereocenters. The van der Waals surface area contributed by atoms with Gasteiger partial charge in [-0.3, -0.25) is 4.79 Å². The molecule has 0 aliphatic carbocycles. The zero-order valence-electron chi connectivity index (χ0n) is 17.6. The largest absolute Gasteiger partial charge is 0.452 e. The monoisotopic (exact) mass is 455 g/mol. The van der Waals surface area contributed by atoms with Crippen LogP contribution >= 0.6 is 0 Å². The normalized spacial score (nSPS) is 14.7. The van der Waals surface area contributed by atoms with Crippen molar-refractivity contribution in [3.05, 3.63) is 59.7 Å². The number of hydrogen-bond donors (Lipinski definition) is 1. The van der Waals surface area contributed by atoms with Crippen LogP contribution in [0.1, 0.15) is 41.6 Å². The number of sulfonamides is 1. The number of nitrogens with one attached hydrogen (secondary N) is 1. The molecular weight excluding hydrogens is 430 g/mol. The van der Waals surface area contributed by atoms with E-state index in [1.807, 2.05) is 6.07 Å². The van der Waals surface area contributed by atoms with Crippen LogP contribution in [0.15, 0.2) is 53.4 Å². The van der Waals surface area contributed by atoms with Crippen molar-refractivity contribution >= 4 is 27.6 Å². The molecule has 32 heavy (non-hydrogen) atoms. The first-order chi connectivity index (χ1) is 15.4. The number of esters is 1. The second-order valence-electron chi connectivity index (χ2n) is 7.50. The summed E-state index contributed by atoms with van der Waals surface area (Å²) in [5, 5.41) is 11.3. The molecule has 168 valence electrons. The van der Waals surface area contributed by atoms with Gasteiger partial charge in [-0.05, 0) is 48.7 Å². The summed E-state index contributed by atoms with van der Waals surface area (Å²) in [7, 11) is -3.69. The van der Waals surface area contributed by atoms with Crippen molar-refractivity contribution in [2.45, 2.75) is 37.0 Å². The highest BCUT2D eigenvalue weighted by Crippen LogP contribution is 2.21. The minimum atomic E-state index is -3.69. The Kier molecular flexibility index (Phi) is 7.98. The lowest BCUT2D eigenvalue weighted by molar-refractivity contribution is -0.119. The fourth-order valence-electron chi connectivity index (χ4n) is 3.42. The molecule has 0 spiro atoms. The van der Waals surface area contributed by atoms with E-state index in [4.69, 9.17) is 10.00 Å². The molecule has 8 nitrogen and oxygen atoms in total. The van der Waals surface area contributed by atoms with Crippen LogP contribution in [-0.2, 0) is 26.0 Å². The number of nitrogens with zero attached hydrogens (tertiary/aromatic N) is 2. The Labute approximate surface area is 187 Å². The average Bonchev–Trinajstić information content (AvgIpc) is 3.09. The lowest BCUT2D eigenvalue weighted by atomic mass is 10.1. The molecule has 1 aliphatic rings. The first-order valence-corrected chi connectivity index (χ1v) is 11.9. The second-order valence-corrected chi connectivity index (χ2v) is 9.44. The fraction of sp³-hybridized carbons (Fsp3) is 0.348. The Morgan fingerprint density at radius 3 is 2.38 bits per heavy atom. The lowest BCUT2D eigenvalue weighted by Gasteiger charge is -2.20. The van der Waals surface area contributed by atoms with Crippen molar-refractivity contribution in [2.75, 3.05) is 25.0 Å². The molecule has 1 heterocycles. The molecule has 0 bridgehead atoms. The molecular formula is C23H25N3O5S. The van der Waals surface area contributed by atoms with Crippen LogP contribution in [0.5, 0.6) is 0 Å². The third-order valence-corrected chi connectivity index (χ3v) is 7.02.